The fraction of sp³-hybridized carbons (Fsp3) is 0.200. The quantitative estimate of drug-likeness (QED) is 0.852. The number of hydrogen-bond acceptors (Lipinski definition) is 1. The second-order valence-electron chi connectivity index (χ2n) is 4.14. The minimum atomic E-state index is 0.343. The molecule has 0 heterocycles. The second-order valence-corrected chi connectivity index (χ2v) is 4.58. The normalized spacial score (nSPS) is 12.4. The Morgan fingerprint density at radius 1 is 1.06 bits per heavy atom. The molecular formula is C15H16ClN. The van der Waals surface area contributed by atoms with Crippen LogP contribution in [0.25, 0.3) is 0 Å². The highest BCUT2D eigenvalue weighted by Gasteiger charge is 2.03. The van der Waals surface area contributed by atoms with Crippen molar-refractivity contribution in [2.24, 2.45) is 0 Å². The van der Waals surface area contributed by atoms with Crippen molar-refractivity contribution in [3.05, 3.63) is 70.7 Å². The summed E-state index contributed by atoms with van der Waals surface area (Å²) in [6.07, 6.45) is 0. The molecule has 0 amide bonds. The van der Waals surface area contributed by atoms with Gasteiger partial charge >= 0.3 is 0 Å². The van der Waals surface area contributed by atoms with E-state index in [4.69, 9.17) is 11.6 Å². The van der Waals surface area contributed by atoms with Crippen molar-refractivity contribution in [3.63, 3.8) is 0 Å². The van der Waals surface area contributed by atoms with Crippen LogP contribution in [0, 0.1) is 0 Å². The van der Waals surface area contributed by atoms with E-state index in [9.17, 15) is 0 Å². The van der Waals surface area contributed by atoms with Crippen molar-refractivity contribution in [3.8, 4) is 0 Å². The van der Waals surface area contributed by atoms with E-state index in [1.807, 2.05) is 24.3 Å². The Hall–Kier alpha value is -1.31. The summed E-state index contributed by atoms with van der Waals surface area (Å²) >= 11 is 5.95. The summed E-state index contributed by atoms with van der Waals surface area (Å²) in [5, 5.41) is 4.27. The van der Waals surface area contributed by atoms with Crippen LogP contribution in [0.4, 0.5) is 0 Å². The average Bonchev–Trinajstić information content (AvgIpc) is 2.37. The van der Waals surface area contributed by atoms with Crippen molar-refractivity contribution >= 4 is 11.6 Å². The minimum Gasteiger partial charge on any atom is -0.306 e. The van der Waals surface area contributed by atoms with Crippen LogP contribution in [0.1, 0.15) is 24.1 Å². The Bertz CT molecular complexity index is 467. The van der Waals surface area contributed by atoms with Gasteiger partial charge in [-0.3, -0.25) is 0 Å². The number of halogens is 1. The van der Waals surface area contributed by atoms with E-state index in [-0.39, 0.29) is 0 Å². The monoisotopic (exact) mass is 245 g/mol. The summed E-state index contributed by atoms with van der Waals surface area (Å²) in [6.45, 7) is 3.00. The summed E-state index contributed by atoms with van der Waals surface area (Å²) in [4.78, 5) is 0. The van der Waals surface area contributed by atoms with Crippen LogP contribution in [0.15, 0.2) is 54.6 Å². The Morgan fingerprint density at radius 2 is 1.82 bits per heavy atom. The largest absolute Gasteiger partial charge is 0.306 e. The van der Waals surface area contributed by atoms with Gasteiger partial charge in [0.2, 0.25) is 0 Å². The Kier molecular flexibility index (Phi) is 4.18. The van der Waals surface area contributed by atoms with Crippen molar-refractivity contribution < 1.29 is 0 Å². The zero-order valence-electron chi connectivity index (χ0n) is 9.86. The molecule has 0 aliphatic carbocycles. The maximum absolute atomic E-state index is 5.95. The van der Waals surface area contributed by atoms with Gasteiger partial charge in [0.05, 0.1) is 0 Å². The van der Waals surface area contributed by atoms with E-state index in [0.29, 0.717) is 6.04 Å². The van der Waals surface area contributed by atoms with Gasteiger partial charge in [0, 0.05) is 17.6 Å². The SMILES string of the molecule is CC(NCc1cccc(Cl)c1)c1ccccc1. The van der Waals surface area contributed by atoms with Gasteiger partial charge < -0.3 is 5.32 Å². The zero-order valence-corrected chi connectivity index (χ0v) is 10.6. The lowest BCUT2D eigenvalue weighted by atomic mass is 10.1. The van der Waals surface area contributed by atoms with Crippen molar-refractivity contribution in [1.29, 1.82) is 0 Å². The first-order valence-electron chi connectivity index (χ1n) is 5.78. The molecule has 0 fully saturated rings. The van der Waals surface area contributed by atoms with E-state index in [1.165, 1.54) is 11.1 Å². The van der Waals surface area contributed by atoms with E-state index in [1.54, 1.807) is 0 Å². The van der Waals surface area contributed by atoms with Crippen LogP contribution in [0.5, 0.6) is 0 Å². The third kappa shape index (κ3) is 3.58. The Balaban J connectivity index is 1.95. The lowest BCUT2D eigenvalue weighted by Gasteiger charge is -2.14. The van der Waals surface area contributed by atoms with Crippen LogP contribution in [0.2, 0.25) is 5.02 Å². The number of nitrogens with one attached hydrogen (secondary N) is 1. The molecular weight excluding hydrogens is 230 g/mol. The highest BCUT2D eigenvalue weighted by molar-refractivity contribution is 6.30. The van der Waals surface area contributed by atoms with Crippen molar-refractivity contribution in [2.75, 3.05) is 0 Å². The maximum atomic E-state index is 5.95. The molecule has 1 atom stereocenters. The van der Waals surface area contributed by atoms with Gasteiger partial charge in [-0.1, -0.05) is 54.1 Å². The zero-order chi connectivity index (χ0) is 12.1. The van der Waals surface area contributed by atoms with Crippen LogP contribution < -0.4 is 5.32 Å². The van der Waals surface area contributed by atoms with Gasteiger partial charge in [0.1, 0.15) is 0 Å². The topological polar surface area (TPSA) is 12.0 Å². The number of rotatable bonds is 4. The fourth-order valence-corrected chi connectivity index (χ4v) is 1.99. The summed E-state index contributed by atoms with van der Waals surface area (Å²) in [7, 11) is 0. The molecule has 0 radical (unpaired) electrons. The summed E-state index contributed by atoms with van der Waals surface area (Å²) in [6, 6.07) is 18.7. The molecule has 2 aromatic carbocycles. The fourth-order valence-electron chi connectivity index (χ4n) is 1.78. The third-order valence-electron chi connectivity index (χ3n) is 2.80. The van der Waals surface area contributed by atoms with Gasteiger partial charge in [0.25, 0.3) is 0 Å². The first-order chi connectivity index (χ1) is 8.25. The van der Waals surface area contributed by atoms with Crippen LogP contribution in [-0.2, 0) is 6.54 Å². The summed E-state index contributed by atoms with van der Waals surface area (Å²) in [5.41, 5.74) is 2.51. The molecule has 0 saturated carbocycles. The lowest BCUT2D eigenvalue weighted by molar-refractivity contribution is 0.575. The lowest BCUT2D eigenvalue weighted by Crippen LogP contribution is -2.17. The third-order valence-corrected chi connectivity index (χ3v) is 3.04. The standard InChI is InChI=1S/C15H16ClN/c1-12(14-7-3-2-4-8-14)17-11-13-6-5-9-15(16)10-13/h2-10,12,17H,11H2,1H3. The van der Waals surface area contributed by atoms with Crippen molar-refractivity contribution in [2.45, 2.75) is 19.5 Å². The first kappa shape index (κ1) is 12.2. The molecule has 2 heteroatoms. The molecule has 17 heavy (non-hydrogen) atoms. The molecule has 0 bridgehead atoms. The molecule has 0 saturated heterocycles. The predicted octanol–water partition coefficient (Wildman–Crippen LogP) is 4.19. The van der Waals surface area contributed by atoms with Crippen LogP contribution in [-0.4, -0.2) is 0 Å². The van der Waals surface area contributed by atoms with E-state index in [2.05, 4.69) is 42.6 Å². The molecule has 0 aromatic heterocycles. The average molecular weight is 246 g/mol. The molecule has 2 aromatic rings. The van der Waals surface area contributed by atoms with Gasteiger partial charge in [0.15, 0.2) is 0 Å². The first-order valence-corrected chi connectivity index (χ1v) is 6.16. The molecule has 1 N–H and O–H groups in total. The van der Waals surface area contributed by atoms with E-state index >= 15 is 0 Å². The Labute approximate surface area is 107 Å². The van der Waals surface area contributed by atoms with E-state index < -0.39 is 0 Å². The molecule has 88 valence electrons. The van der Waals surface area contributed by atoms with Gasteiger partial charge in [-0.2, -0.15) is 0 Å². The summed E-state index contributed by atoms with van der Waals surface area (Å²) < 4.78 is 0. The smallest absolute Gasteiger partial charge is 0.0409 e. The van der Waals surface area contributed by atoms with Crippen molar-refractivity contribution in [1.82, 2.24) is 5.32 Å². The Morgan fingerprint density at radius 3 is 2.53 bits per heavy atom. The maximum Gasteiger partial charge on any atom is 0.0409 e. The van der Waals surface area contributed by atoms with Crippen LogP contribution >= 0.6 is 11.6 Å². The molecule has 1 nitrogen and oxygen atoms in total. The summed E-state index contributed by atoms with van der Waals surface area (Å²) in [5.74, 6) is 0. The number of hydrogen-bond donors (Lipinski definition) is 1. The molecule has 0 aliphatic heterocycles. The van der Waals surface area contributed by atoms with E-state index in [0.717, 1.165) is 11.6 Å². The molecule has 0 spiro atoms. The molecule has 0 aliphatic rings. The highest BCUT2D eigenvalue weighted by atomic mass is 35.5. The van der Waals surface area contributed by atoms with Crippen LogP contribution in [0.3, 0.4) is 0 Å². The second kappa shape index (κ2) is 5.85. The van der Waals surface area contributed by atoms with Gasteiger partial charge in [-0.25, -0.2) is 0 Å². The minimum absolute atomic E-state index is 0.343. The molecule has 1 unspecified atom stereocenters. The molecule has 2 rings (SSSR count). The number of benzene rings is 2. The van der Waals surface area contributed by atoms with Gasteiger partial charge in [-0.05, 0) is 30.2 Å². The van der Waals surface area contributed by atoms with Gasteiger partial charge in [-0.15, -0.1) is 0 Å². The predicted molar refractivity (Wildman–Crippen MR) is 73.1 cm³/mol. The highest BCUT2D eigenvalue weighted by Crippen LogP contribution is 2.14.